The van der Waals surface area contributed by atoms with Crippen LogP contribution in [0.15, 0.2) is 247 Å². The van der Waals surface area contributed by atoms with Crippen molar-refractivity contribution < 1.29 is 4.42 Å². The monoisotopic (exact) mass is 804 g/mol. The number of anilines is 3. The van der Waals surface area contributed by atoms with E-state index in [0.717, 1.165) is 66.9 Å². The molecular formula is C60H40N2O. The molecule has 0 N–H and O–H groups in total. The first-order chi connectivity index (χ1) is 31.2. The van der Waals surface area contributed by atoms with E-state index in [-0.39, 0.29) is 0 Å². The molecule has 0 saturated carbocycles. The number of furan rings is 1. The molecule has 12 aromatic rings. The van der Waals surface area contributed by atoms with Crippen LogP contribution in [0.2, 0.25) is 0 Å². The lowest BCUT2D eigenvalue weighted by molar-refractivity contribution is 0.669. The van der Waals surface area contributed by atoms with E-state index in [0.29, 0.717) is 0 Å². The minimum atomic E-state index is 0.896. The van der Waals surface area contributed by atoms with Gasteiger partial charge < -0.3 is 13.9 Å². The fraction of sp³-hybridized carbons (Fsp3) is 0. The Morgan fingerprint density at radius 3 is 1.51 bits per heavy atom. The second-order valence-corrected chi connectivity index (χ2v) is 16.1. The molecule has 0 atom stereocenters. The van der Waals surface area contributed by atoms with Crippen LogP contribution in [0.4, 0.5) is 17.1 Å². The van der Waals surface area contributed by atoms with Crippen molar-refractivity contribution in [3.63, 3.8) is 0 Å². The van der Waals surface area contributed by atoms with Crippen molar-refractivity contribution in [3.8, 4) is 50.2 Å². The molecular weight excluding hydrogens is 765 g/mol. The lowest BCUT2D eigenvalue weighted by Crippen LogP contribution is -2.10. The highest BCUT2D eigenvalue weighted by Crippen LogP contribution is 2.41. The molecule has 12 rings (SSSR count). The van der Waals surface area contributed by atoms with Gasteiger partial charge in [-0.1, -0.05) is 164 Å². The Morgan fingerprint density at radius 2 is 0.778 bits per heavy atom. The van der Waals surface area contributed by atoms with Gasteiger partial charge >= 0.3 is 0 Å². The first-order valence-electron chi connectivity index (χ1n) is 21.5. The van der Waals surface area contributed by atoms with Gasteiger partial charge in [0, 0.05) is 44.2 Å². The number of aromatic nitrogens is 1. The summed E-state index contributed by atoms with van der Waals surface area (Å²) in [6.07, 6.45) is 0. The number of hydrogen-bond donors (Lipinski definition) is 0. The van der Waals surface area contributed by atoms with Crippen molar-refractivity contribution >= 4 is 60.8 Å². The molecule has 0 aliphatic rings. The molecule has 2 aromatic heterocycles. The van der Waals surface area contributed by atoms with Crippen LogP contribution in [-0.4, -0.2) is 4.57 Å². The normalized spacial score (nSPS) is 11.5. The topological polar surface area (TPSA) is 21.3 Å². The van der Waals surface area contributed by atoms with Crippen molar-refractivity contribution in [2.24, 2.45) is 0 Å². The third-order valence-electron chi connectivity index (χ3n) is 12.4. The second-order valence-electron chi connectivity index (χ2n) is 16.1. The number of para-hydroxylation sites is 4. The average Bonchev–Trinajstić information content (AvgIpc) is 3.90. The van der Waals surface area contributed by atoms with Crippen LogP contribution in [-0.2, 0) is 0 Å². The van der Waals surface area contributed by atoms with Crippen LogP contribution in [0.5, 0.6) is 0 Å². The molecule has 3 heteroatoms. The predicted molar refractivity (Wildman–Crippen MR) is 264 cm³/mol. The molecule has 296 valence electrons. The Balaban J connectivity index is 0.952. The lowest BCUT2D eigenvalue weighted by Gasteiger charge is -2.26. The van der Waals surface area contributed by atoms with Crippen molar-refractivity contribution in [3.05, 3.63) is 243 Å². The van der Waals surface area contributed by atoms with E-state index >= 15 is 0 Å². The summed E-state index contributed by atoms with van der Waals surface area (Å²) in [5, 5.41) is 4.78. The van der Waals surface area contributed by atoms with Crippen molar-refractivity contribution in [2.75, 3.05) is 4.90 Å². The fourth-order valence-electron chi connectivity index (χ4n) is 9.37. The van der Waals surface area contributed by atoms with Crippen LogP contribution < -0.4 is 4.90 Å². The van der Waals surface area contributed by atoms with Crippen LogP contribution in [0.1, 0.15) is 0 Å². The van der Waals surface area contributed by atoms with E-state index in [4.69, 9.17) is 4.42 Å². The lowest BCUT2D eigenvalue weighted by atomic mass is 9.98. The maximum atomic E-state index is 6.27. The molecule has 3 nitrogen and oxygen atoms in total. The molecule has 0 spiro atoms. The van der Waals surface area contributed by atoms with Gasteiger partial charge in [-0.25, -0.2) is 0 Å². The highest BCUT2D eigenvalue weighted by atomic mass is 16.3. The minimum Gasteiger partial charge on any atom is -0.456 e. The van der Waals surface area contributed by atoms with Gasteiger partial charge in [0.25, 0.3) is 0 Å². The zero-order valence-corrected chi connectivity index (χ0v) is 34.4. The van der Waals surface area contributed by atoms with Gasteiger partial charge in [0.2, 0.25) is 0 Å². The van der Waals surface area contributed by atoms with Gasteiger partial charge in [-0.2, -0.15) is 0 Å². The minimum absolute atomic E-state index is 0.896. The average molecular weight is 805 g/mol. The standard InChI is InChI=1S/C60H40N2O/c1-2-14-41(15-3-1)44-16-12-17-45(38-44)46-18-13-19-50(39-46)61(48-33-28-42(29-34-48)47-32-37-55-54-23-7-11-27-59(54)63-60(55)40-47)49-35-30-43(31-36-49)51-20-4-8-24-56(51)62-57-25-9-5-21-52(57)53-22-6-10-26-58(53)62/h1-40H. The van der Waals surface area contributed by atoms with Crippen molar-refractivity contribution in [2.45, 2.75) is 0 Å². The van der Waals surface area contributed by atoms with Crippen molar-refractivity contribution in [1.82, 2.24) is 4.57 Å². The Bertz CT molecular complexity index is 3560. The largest absolute Gasteiger partial charge is 0.456 e. The molecule has 0 aliphatic carbocycles. The summed E-state index contributed by atoms with van der Waals surface area (Å²) in [6.45, 7) is 0. The van der Waals surface area contributed by atoms with E-state index in [1.807, 2.05) is 12.1 Å². The maximum absolute atomic E-state index is 6.27. The molecule has 63 heavy (non-hydrogen) atoms. The van der Waals surface area contributed by atoms with Gasteiger partial charge in [-0.05, 0) is 118 Å². The van der Waals surface area contributed by atoms with Gasteiger partial charge in [0.15, 0.2) is 0 Å². The third kappa shape index (κ3) is 6.46. The smallest absolute Gasteiger partial charge is 0.136 e. The zero-order valence-electron chi connectivity index (χ0n) is 34.4. The number of hydrogen-bond acceptors (Lipinski definition) is 2. The fourth-order valence-corrected chi connectivity index (χ4v) is 9.37. The van der Waals surface area contributed by atoms with Crippen LogP contribution in [0, 0.1) is 0 Å². The van der Waals surface area contributed by atoms with Gasteiger partial charge in [-0.3, -0.25) is 0 Å². The van der Waals surface area contributed by atoms with E-state index < -0.39 is 0 Å². The molecule has 10 aromatic carbocycles. The Labute approximate surface area is 366 Å². The molecule has 0 saturated heterocycles. The zero-order chi connectivity index (χ0) is 41.7. The summed E-state index contributed by atoms with van der Waals surface area (Å²) < 4.78 is 8.68. The predicted octanol–water partition coefficient (Wildman–Crippen LogP) is 16.8. The number of rotatable bonds is 8. The number of benzene rings is 10. The molecule has 0 aliphatic heterocycles. The number of fused-ring (bicyclic) bond motifs is 6. The first kappa shape index (κ1) is 36.5. The summed E-state index contributed by atoms with van der Waals surface area (Å²) in [5.41, 5.74) is 17.9. The van der Waals surface area contributed by atoms with Gasteiger partial charge in [-0.15, -0.1) is 0 Å². The van der Waals surface area contributed by atoms with Crippen molar-refractivity contribution in [1.29, 1.82) is 0 Å². The van der Waals surface area contributed by atoms with Crippen LogP contribution in [0.3, 0.4) is 0 Å². The molecule has 2 heterocycles. The highest BCUT2D eigenvalue weighted by molar-refractivity contribution is 6.10. The summed E-state index contributed by atoms with van der Waals surface area (Å²) in [6, 6.07) is 87.1. The van der Waals surface area contributed by atoms with Gasteiger partial charge in [0.1, 0.15) is 11.2 Å². The Morgan fingerprint density at radius 1 is 0.286 bits per heavy atom. The Kier molecular flexibility index (Phi) is 8.83. The van der Waals surface area contributed by atoms with Crippen LogP contribution >= 0.6 is 0 Å². The second kappa shape index (κ2) is 15.3. The number of nitrogens with zero attached hydrogens (tertiary/aromatic N) is 2. The highest BCUT2D eigenvalue weighted by Gasteiger charge is 2.18. The molecule has 0 bridgehead atoms. The Hall–Kier alpha value is -8.40. The molecule has 0 fully saturated rings. The maximum Gasteiger partial charge on any atom is 0.136 e. The van der Waals surface area contributed by atoms with Crippen LogP contribution in [0.25, 0.3) is 93.9 Å². The van der Waals surface area contributed by atoms with Gasteiger partial charge in [0.05, 0.1) is 16.7 Å². The van der Waals surface area contributed by atoms with E-state index in [1.165, 1.54) is 44.1 Å². The summed E-state index contributed by atoms with van der Waals surface area (Å²) in [5.74, 6) is 0. The van der Waals surface area contributed by atoms with E-state index in [9.17, 15) is 0 Å². The summed E-state index contributed by atoms with van der Waals surface area (Å²) in [7, 11) is 0. The van der Waals surface area contributed by atoms with E-state index in [1.54, 1.807) is 0 Å². The summed E-state index contributed by atoms with van der Waals surface area (Å²) >= 11 is 0. The third-order valence-corrected chi connectivity index (χ3v) is 12.4. The molecule has 0 amide bonds. The first-order valence-corrected chi connectivity index (χ1v) is 21.5. The molecule has 0 unspecified atom stereocenters. The SMILES string of the molecule is c1ccc(-c2cccc(-c3cccc(N(c4ccc(-c5ccc6c(c5)oc5ccccc56)cc4)c4ccc(-c5ccccc5-n5c6ccccc6c6ccccc65)cc4)c3)c2)cc1. The van der Waals surface area contributed by atoms with E-state index in [2.05, 4.69) is 240 Å². The molecule has 0 radical (unpaired) electrons. The summed E-state index contributed by atoms with van der Waals surface area (Å²) in [4.78, 5) is 2.36. The quantitative estimate of drug-likeness (QED) is 0.153.